The van der Waals surface area contributed by atoms with E-state index in [-0.39, 0.29) is 17.4 Å². The van der Waals surface area contributed by atoms with Crippen molar-refractivity contribution in [3.8, 4) is 0 Å². The number of carbonyl (C=O) groups is 1. The summed E-state index contributed by atoms with van der Waals surface area (Å²) in [6.07, 6.45) is 4.71. The zero-order chi connectivity index (χ0) is 14.9. The first kappa shape index (κ1) is 15.1. The highest BCUT2D eigenvalue weighted by molar-refractivity contribution is 5.96. The molecule has 1 N–H and O–H groups in total. The minimum Gasteiger partial charge on any atom is -0.361 e. The average Bonchev–Trinajstić information content (AvgIpc) is 2.68. The molecule has 0 radical (unpaired) electrons. The van der Waals surface area contributed by atoms with E-state index in [9.17, 15) is 4.79 Å². The topological polar surface area (TPSA) is 55.1 Å². The second-order valence-electron chi connectivity index (χ2n) is 7.04. The van der Waals surface area contributed by atoms with Crippen molar-refractivity contribution in [3.05, 3.63) is 17.0 Å². The Hall–Kier alpha value is -1.32. The SMILES string of the molecule is Cc1noc(C)c1C(=O)NC1CCCCC1C(C)(C)C. The third kappa shape index (κ3) is 3.05. The lowest BCUT2D eigenvalue weighted by Gasteiger charge is -2.40. The third-order valence-electron chi connectivity index (χ3n) is 4.46. The van der Waals surface area contributed by atoms with E-state index in [1.807, 2.05) is 6.92 Å². The van der Waals surface area contributed by atoms with Crippen LogP contribution in [0.4, 0.5) is 0 Å². The van der Waals surface area contributed by atoms with E-state index < -0.39 is 0 Å². The van der Waals surface area contributed by atoms with Gasteiger partial charge in [-0.1, -0.05) is 38.8 Å². The minimum atomic E-state index is -0.0394. The molecule has 0 aliphatic heterocycles. The lowest BCUT2D eigenvalue weighted by atomic mass is 9.69. The van der Waals surface area contributed by atoms with Crippen LogP contribution in [-0.4, -0.2) is 17.1 Å². The molecule has 4 nitrogen and oxygen atoms in total. The van der Waals surface area contributed by atoms with Crippen LogP contribution in [0.5, 0.6) is 0 Å². The molecule has 0 saturated heterocycles. The number of carbonyl (C=O) groups excluding carboxylic acids is 1. The second kappa shape index (κ2) is 5.58. The van der Waals surface area contributed by atoms with E-state index in [0.29, 0.717) is 22.9 Å². The largest absolute Gasteiger partial charge is 0.361 e. The number of aromatic nitrogens is 1. The van der Waals surface area contributed by atoms with Gasteiger partial charge in [-0.25, -0.2) is 0 Å². The van der Waals surface area contributed by atoms with Crippen LogP contribution < -0.4 is 5.32 Å². The van der Waals surface area contributed by atoms with Crippen LogP contribution in [0.3, 0.4) is 0 Å². The summed E-state index contributed by atoms with van der Waals surface area (Å²) in [6, 6.07) is 0.255. The van der Waals surface area contributed by atoms with Gasteiger partial charge in [0, 0.05) is 6.04 Å². The standard InChI is InChI=1S/C16H26N2O2/c1-10-14(11(2)20-18-10)15(19)17-13-9-7-6-8-12(13)16(3,4)5/h12-13H,6-9H2,1-5H3,(H,17,19). The molecule has 1 amide bonds. The highest BCUT2D eigenvalue weighted by Crippen LogP contribution is 2.38. The zero-order valence-electron chi connectivity index (χ0n) is 13.2. The Balaban J connectivity index is 2.13. The monoisotopic (exact) mass is 278 g/mol. The molecular weight excluding hydrogens is 252 g/mol. The van der Waals surface area contributed by atoms with Crippen LogP contribution in [0.2, 0.25) is 0 Å². The molecule has 4 heteroatoms. The Bertz CT molecular complexity index is 466. The van der Waals surface area contributed by atoms with Crippen molar-refractivity contribution in [1.29, 1.82) is 0 Å². The molecule has 2 unspecified atom stereocenters. The fourth-order valence-corrected chi connectivity index (χ4v) is 3.39. The number of nitrogens with zero attached hydrogens (tertiary/aromatic N) is 1. The summed E-state index contributed by atoms with van der Waals surface area (Å²) in [5, 5.41) is 7.08. The molecule has 1 heterocycles. The predicted octanol–water partition coefficient (Wildman–Crippen LogP) is 3.63. The summed E-state index contributed by atoms with van der Waals surface area (Å²) >= 11 is 0. The van der Waals surface area contributed by atoms with Gasteiger partial charge in [0.2, 0.25) is 0 Å². The molecule has 1 saturated carbocycles. The molecule has 20 heavy (non-hydrogen) atoms. The van der Waals surface area contributed by atoms with Crippen molar-refractivity contribution in [2.75, 3.05) is 0 Å². The van der Waals surface area contributed by atoms with Gasteiger partial charge in [0.15, 0.2) is 0 Å². The van der Waals surface area contributed by atoms with E-state index in [1.165, 1.54) is 19.3 Å². The molecule has 1 aliphatic rings. The normalized spacial score (nSPS) is 23.6. The molecule has 1 aromatic heterocycles. The number of amides is 1. The van der Waals surface area contributed by atoms with Gasteiger partial charge in [0.25, 0.3) is 5.91 Å². The van der Waals surface area contributed by atoms with Gasteiger partial charge < -0.3 is 9.84 Å². The highest BCUT2D eigenvalue weighted by Gasteiger charge is 2.35. The maximum absolute atomic E-state index is 12.5. The van der Waals surface area contributed by atoms with Crippen LogP contribution in [0.15, 0.2) is 4.52 Å². The first-order valence-electron chi connectivity index (χ1n) is 7.54. The van der Waals surface area contributed by atoms with Crippen molar-refractivity contribution in [1.82, 2.24) is 10.5 Å². The summed E-state index contributed by atoms with van der Waals surface area (Å²) in [4.78, 5) is 12.5. The Kier molecular flexibility index (Phi) is 4.21. The number of rotatable bonds is 2. The van der Waals surface area contributed by atoms with Crippen molar-refractivity contribution >= 4 is 5.91 Å². The molecule has 1 aromatic rings. The first-order chi connectivity index (χ1) is 9.30. The van der Waals surface area contributed by atoms with E-state index >= 15 is 0 Å². The molecular formula is C16H26N2O2. The maximum Gasteiger partial charge on any atom is 0.257 e. The first-order valence-corrected chi connectivity index (χ1v) is 7.54. The third-order valence-corrected chi connectivity index (χ3v) is 4.46. The summed E-state index contributed by atoms with van der Waals surface area (Å²) in [7, 11) is 0. The number of hydrogen-bond donors (Lipinski definition) is 1. The fraction of sp³-hybridized carbons (Fsp3) is 0.750. The van der Waals surface area contributed by atoms with Gasteiger partial charge in [0.05, 0.1) is 5.69 Å². The van der Waals surface area contributed by atoms with Crippen molar-refractivity contribution < 1.29 is 9.32 Å². The molecule has 2 rings (SSSR count). The van der Waals surface area contributed by atoms with Crippen LogP contribution in [0.1, 0.15) is 68.3 Å². The van der Waals surface area contributed by atoms with Crippen molar-refractivity contribution in [3.63, 3.8) is 0 Å². The van der Waals surface area contributed by atoms with E-state index in [1.54, 1.807) is 6.92 Å². The predicted molar refractivity (Wildman–Crippen MR) is 78.6 cm³/mol. The van der Waals surface area contributed by atoms with E-state index in [4.69, 9.17) is 4.52 Å². The van der Waals surface area contributed by atoms with Gasteiger partial charge in [-0.2, -0.15) is 0 Å². The summed E-state index contributed by atoms with van der Waals surface area (Å²) in [5.74, 6) is 1.09. The van der Waals surface area contributed by atoms with Crippen LogP contribution in [-0.2, 0) is 0 Å². The van der Waals surface area contributed by atoms with Crippen molar-refractivity contribution in [2.45, 2.75) is 66.3 Å². The van der Waals surface area contributed by atoms with Gasteiger partial charge in [0.1, 0.15) is 11.3 Å². The Morgan fingerprint density at radius 2 is 1.90 bits per heavy atom. The maximum atomic E-state index is 12.5. The fourth-order valence-electron chi connectivity index (χ4n) is 3.39. The van der Waals surface area contributed by atoms with Gasteiger partial charge in [-0.05, 0) is 38.0 Å². The Labute approximate surface area is 121 Å². The Morgan fingerprint density at radius 1 is 1.25 bits per heavy atom. The summed E-state index contributed by atoms with van der Waals surface area (Å²) in [6.45, 7) is 10.4. The minimum absolute atomic E-state index is 0.0394. The molecule has 1 fully saturated rings. The van der Waals surface area contributed by atoms with Crippen molar-refractivity contribution in [2.24, 2.45) is 11.3 Å². The number of aryl methyl sites for hydroxylation is 2. The van der Waals surface area contributed by atoms with Crippen LogP contribution >= 0.6 is 0 Å². The van der Waals surface area contributed by atoms with Crippen LogP contribution in [0.25, 0.3) is 0 Å². The molecule has 0 aromatic carbocycles. The van der Waals surface area contributed by atoms with Gasteiger partial charge in [-0.15, -0.1) is 0 Å². The molecule has 2 atom stereocenters. The zero-order valence-corrected chi connectivity index (χ0v) is 13.2. The summed E-state index contributed by atoms with van der Waals surface area (Å²) in [5.41, 5.74) is 1.49. The lowest BCUT2D eigenvalue weighted by molar-refractivity contribution is 0.0828. The molecule has 0 spiro atoms. The molecule has 112 valence electrons. The molecule has 1 aliphatic carbocycles. The number of hydrogen-bond acceptors (Lipinski definition) is 3. The van der Waals surface area contributed by atoms with E-state index in [2.05, 4.69) is 31.2 Å². The highest BCUT2D eigenvalue weighted by atomic mass is 16.5. The quantitative estimate of drug-likeness (QED) is 0.898. The summed E-state index contributed by atoms with van der Waals surface area (Å²) < 4.78 is 5.09. The number of nitrogens with one attached hydrogen (secondary N) is 1. The van der Waals surface area contributed by atoms with E-state index in [0.717, 1.165) is 6.42 Å². The Morgan fingerprint density at radius 3 is 2.45 bits per heavy atom. The smallest absolute Gasteiger partial charge is 0.257 e. The van der Waals surface area contributed by atoms with Crippen LogP contribution in [0, 0.1) is 25.2 Å². The molecule has 0 bridgehead atoms. The van der Waals surface area contributed by atoms with Gasteiger partial charge in [-0.3, -0.25) is 4.79 Å². The average molecular weight is 278 g/mol. The second-order valence-corrected chi connectivity index (χ2v) is 7.04. The lowest BCUT2D eigenvalue weighted by Crippen LogP contribution is -2.46. The van der Waals surface area contributed by atoms with Gasteiger partial charge >= 0.3 is 0 Å².